The number of nitrogens with zero attached hydrogens (tertiary/aromatic N) is 2. The van der Waals surface area contributed by atoms with Gasteiger partial charge in [-0.2, -0.15) is 0 Å². The number of aromatic nitrogens is 1. The lowest BCUT2D eigenvalue weighted by molar-refractivity contribution is 0.0383. The van der Waals surface area contributed by atoms with E-state index in [1.807, 2.05) is 31.2 Å². The Kier molecular flexibility index (Phi) is 6.51. The zero-order valence-corrected chi connectivity index (χ0v) is 15.4. The van der Waals surface area contributed by atoms with Crippen molar-refractivity contribution in [3.8, 4) is 0 Å². The molecule has 1 aliphatic rings. The van der Waals surface area contributed by atoms with Crippen molar-refractivity contribution < 1.29 is 14.3 Å². The van der Waals surface area contributed by atoms with Gasteiger partial charge in [0.05, 0.1) is 13.2 Å². The third kappa shape index (κ3) is 5.60. The summed E-state index contributed by atoms with van der Waals surface area (Å²) < 4.78 is 5.30. The lowest BCUT2D eigenvalue weighted by Gasteiger charge is -2.26. The Hall–Kier alpha value is -2.77. The van der Waals surface area contributed by atoms with E-state index in [0.717, 1.165) is 38.4 Å². The monoisotopic (exact) mass is 368 g/mol. The zero-order chi connectivity index (χ0) is 19.1. The normalized spacial score (nSPS) is 14.6. The number of carbonyl (C=O) groups is 2. The third-order valence-electron chi connectivity index (χ3n) is 4.34. The van der Waals surface area contributed by atoms with E-state index in [1.54, 1.807) is 18.2 Å². The number of pyridine rings is 1. The quantitative estimate of drug-likeness (QED) is 0.811. The number of aryl methyl sites for hydroxylation is 1. The molecule has 0 aliphatic carbocycles. The minimum absolute atomic E-state index is 0.205. The topological polar surface area (TPSA) is 83.6 Å². The summed E-state index contributed by atoms with van der Waals surface area (Å²) in [6.07, 6.45) is 0. The maximum Gasteiger partial charge on any atom is 0.274 e. The molecule has 7 heteroatoms. The third-order valence-corrected chi connectivity index (χ3v) is 4.34. The number of anilines is 1. The summed E-state index contributed by atoms with van der Waals surface area (Å²) in [6, 6.07) is 12.3. The van der Waals surface area contributed by atoms with Gasteiger partial charge < -0.3 is 15.4 Å². The lowest BCUT2D eigenvalue weighted by atomic mass is 10.2. The first-order valence-electron chi connectivity index (χ1n) is 9.05. The van der Waals surface area contributed by atoms with Crippen LogP contribution in [-0.2, 0) is 4.74 Å². The average molecular weight is 368 g/mol. The Morgan fingerprint density at radius 3 is 2.41 bits per heavy atom. The van der Waals surface area contributed by atoms with Crippen LogP contribution in [0.2, 0.25) is 0 Å². The van der Waals surface area contributed by atoms with Gasteiger partial charge in [0.1, 0.15) is 11.4 Å². The van der Waals surface area contributed by atoms with Gasteiger partial charge in [-0.15, -0.1) is 0 Å². The number of ether oxygens (including phenoxy) is 1. The molecule has 2 heterocycles. The minimum Gasteiger partial charge on any atom is -0.379 e. The smallest absolute Gasteiger partial charge is 0.274 e. The number of hydrogen-bond acceptors (Lipinski definition) is 5. The fourth-order valence-electron chi connectivity index (χ4n) is 2.76. The lowest BCUT2D eigenvalue weighted by Crippen LogP contribution is -2.41. The van der Waals surface area contributed by atoms with Gasteiger partial charge in [-0.05, 0) is 31.2 Å². The maximum absolute atomic E-state index is 12.4. The van der Waals surface area contributed by atoms with Crippen molar-refractivity contribution in [2.75, 3.05) is 44.7 Å². The van der Waals surface area contributed by atoms with Crippen LogP contribution in [0.3, 0.4) is 0 Å². The maximum atomic E-state index is 12.4. The van der Waals surface area contributed by atoms with E-state index < -0.39 is 0 Å². The number of amides is 2. The largest absolute Gasteiger partial charge is 0.379 e. The molecular formula is C20H24N4O3. The summed E-state index contributed by atoms with van der Waals surface area (Å²) in [5, 5.41) is 5.64. The Morgan fingerprint density at radius 1 is 1.04 bits per heavy atom. The van der Waals surface area contributed by atoms with E-state index in [4.69, 9.17) is 4.74 Å². The van der Waals surface area contributed by atoms with Crippen molar-refractivity contribution in [3.05, 3.63) is 59.4 Å². The molecule has 27 heavy (non-hydrogen) atoms. The van der Waals surface area contributed by atoms with Crippen LogP contribution in [0.1, 0.15) is 26.5 Å². The number of morpholine rings is 1. The van der Waals surface area contributed by atoms with Crippen molar-refractivity contribution in [2.24, 2.45) is 0 Å². The molecule has 1 saturated heterocycles. The van der Waals surface area contributed by atoms with Crippen LogP contribution in [0.5, 0.6) is 0 Å². The molecule has 3 rings (SSSR count). The fraction of sp³-hybridized carbons (Fsp3) is 0.350. The van der Waals surface area contributed by atoms with Crippen molar-refractivity contribution in [1.29, 1.82) is 0 Å². The SMILES string of the molecule is Cc1ccc(NC(=O)c2cccc(C(=O)NCCN3CCOCC3)n2)cc1. The first-order valence-corrected chi connectivity index (χ1v) is 9.05. The van der Waals surface area contributed by atoms with E-state index in [1.165, 1.54) is 0 Å². The summed E-state index contributed by atoms with van der Waals surface area (Å²) >= 11 is 0. The van der Waals surface area contributed by atoms with Gasteiger partial charge in [0.2, 0.25) is 0 Å². The summed E-state index contributed by atoms with van der Waals surface area (Å²) in [5.74, 6) is -0.630. The summed E-state index contributed by atoms with van der Waals surface area (Å²) in [4.78, 5) is 31.1. The highest BCUT2D eigenvalue weighted by Crippen LogP contribution is 2.10. The first kappa shape index (κ1) is 19.0. The van der Waals surface area contributed by atoms with Crippen LogP contribution in [0.25, 0.3) is 0 Å². The molecular weight excluding hydrogens is 344 g/mol. The van der Waals surface area contributed by atoms with E-state index in [-0.39, 0.29) is 23.2 Å². The van der Waals surface area contributed by atoms with Gasteiger partial charge in [-0.3, -0.25) is 14.5 Å². The molecule has 2 N–H and O–H groups in total. The fourth-order valence-corrected chi connectivity index (χ4v) is 2.76. The number of benzene rings is 1. The van der Waals surface area contributed by atoms with Crippen LogP contribution in [0.4, 0.5) is 5.69 Å². The molecule has 0 radical (unpaired) electrons. The molecule has 1 aromatic carbocycles. The molecule has 7 nitrogen and oxygen atoms in total. The standard InChI is InChI=1S/C20H24N4O3/c1-15-5-7-16(8-6-15)22-20(26)18-4-2-3-17(23-18)19(25)21-9-10-24-11-13-27-14-12-24/h2-8H,9-14H2,1H3,(H,21,25)(H,22,26). The van der Waals surface area contributed by atoms with E-state index in [9.17, 15) is 9.59 Å². The van der Waals surface area contributed by atoms with Crippen molar-refractivity contribution in [3.63, 3.8) is 0 Å². The van der Waals surface area contributed by atoms with Crippen LogP contribution in [0.15, 0.2) is 42.5 Å². The summed E-state index contributed by atoms with van der Waals surface area (Å²) in [5.41, 5.74) is 2.24. The average Bonchev–Trinajstić information content (AvgIpc) is 2.70. The van der Waals surface area contributed by atoms with Crippen molar-refractivity contribution in [1.82, 2.24) is 15.2 Å². The predicted octanol–water partition coefficient (Wildman–Crippen LogP) is 1.70. The van der Waals surface area contributed by atoms with Crippen molar-refractivity contribution >= 4 is 17.5 Å². The number of rotatable bonds is 6. The molecule has 2 aromatic rings. The highest BCUT2D eigenvalue weighted by Gasteiger charge is 2.14. The van der Waals surface area contributed by atoms with Gasteiger partial charge in [-0.25, -0.2) is 4.98 Å². The van der Waals surface area contributed by atoms with E-state index in [0.29, 0.717) is 12.2 Å². The predicted molar refractivity (Wildman–Crippen MR) is 103 cm³/mol. The van der Waals surface area contributed by atoms with Gasteiger partial charge in [0, 0.05) is 31.9 Å². The molecule has 0 bridgehead atoms. The second-order valence-corrected chi connectivity index (χ2v) is 6.44. The van der Waals surface area contributed by atoms with Crippen molar-refractivity contribution in [2.45, 2.75) is 6.92 Å². The molecule has 2 amide bonds. The minimum atomic E-state index is -0.346. The van der Waals surface area contributed by atoms with Gasteiger partial charge >= 0.3 is 0 Å². The summed E-state index contributed by atoms with van der Waals surface area (Å²) in [6.45, 7) is 6.49. The Balaban J connectivity index is 1.54. The molecule has 0 spiro atoms. The molecule has 1 aliphatic heterocycles. The second-order valence-electron chi connectivity index (χ2n) is 6.44. The van der Waals surface area contributed by atoms with Crippen LogP contribution >= 0.6 is 0 Å². The summed E-state index contributed by atoms with van der Waals surface area (Å²) in [7, 11) is 0. The highest BCUT2D eigenvalue weighted by atomic mass is 16.5. The number of hydrogen-bond donors (Lipinski definition) is 2. The van der Waals surface area contributed by atoms with E-state index >= 15 is 0 Å². The van der Waals surface area contributed by atoms with Gasteiger partial charge in [0.25, 0.3) is 11.8 Å². The van der Waals surface area contributed by atoms with Crippen LogP contribution < -0.4 is 10.6 Å². The number of nitrogens with one attached hydrogen (secondary N) is 2. The van der Waals surface area contributed by atoms with Gasteiger partial charge in [0.15, 0.2) is 0 Å². The van der Waals surface area contributed by atoms with Crippen LogP contribution in [0, 0.1) is 6.92 Å². The second kappa shape index (κ2) is 9.25. The first-order chi connectivity index (χ1) is 13.1. The Bertz CT molecular complexity index is 786. The number of carbonyl (C=O) groups excluding carboxylic acids is 2. The van der Waals surface area contributed by atoms with E-state index in [2.05, 4.69) is 20.5 Å². The highest BCUT2D eigenvalue weighted by molar-refractivity contribution is 6.03. The Labute approximate surface area is 158 Å². The molecule has 0 saturated carbocycles. The zero-order valence-electron chi connectivity index (χ0n) is 15.4. The molecule has 0 atom stereocenters. The van der Waals surface area contributed by atoms with Gasteiger partial charge in [-0.1, -0.05) is 23.8 Å². The molecule has 1 aromatic heterocycles. The van der Waals surface area contributed by atoms with Crippen LogP contribution in [-0.4, -0.2) is 61.1 Å². The molecule has 142 valence electrons. The Morgan fingerprint density at radius 2 is 1.70 bits per heavy atom. The molecule has 1 fully saturated rings. The molecule has 0 unspecified atom stereocenters.